The zero-order chi connectivity index (χ0) is 19.3. The van der Waals surface area contributed by atoms with Gasteiger partial charge in [-0.1, -0.05) is 7.43 Å². The molecule has 0 fully saturated rings. The molecule has 1 aliphatic rings. The van der Waals surface area contributed by atoms with Gasteiger partial charge in [0.15, 0.2) is 0 Å². The van der Waals surface area contributed by atoms with Crippen LogP contribution in [0.4, 0.5) is 10.6 Å². The van der Waals surface area contributed by atoms with E-state index in [0.717, 1.165) is 11.1 Å². The Morgan fingerprint density at radius 2 is 2.14 bits per heavy atom. The van der Waals surface area contributed by atoms with Crippen LogP contribution in [0, 0.1) is 31.1 Å². The molecule has 0 saturated carbocycles. The Morgan fingerprint density at radius 1 is 1.46 bits per heavy atom. The maximum Gasteiger partial charge on any atom is 0.331 e. The molecule has 0 aliphatic carbocycles. The molecule has 9 heteroatoms. The van der Waals surface area contributed by atoms with E-state index in [2.05, 4.69) is 15.7 Å². The van der Waals surface area contributed by atoms with Crippen molar-refractivity contribution in [3.05, 3.63) is 29.5 Å². The van der Waals surface area contributed by atoms with Crippen molar-refractivity contribution < 1.29 is 45.4 Å². The Kier molecular flexibility index (Phi) is 11.0. The number of anilines is 1. The Balaban J connectivity index is 0.00000364. The summed E-state index contributed by atoms with van der Waals surface area (Å²) in [6, 6.07) is 1.75. The van der Waals surface area contributed by atoms with Crippen LogP contribution in [0.2, 0.25) is 0 Å². The first-order valence-electron chi connectivity index (χ1n) is 8.52. The number of fused-ring (bicyclic) bond motifs is 1. The number of hydrogen-bond donors (Lipinski definition) is 2. The van der Waals surface area contributed by atoms with Gasteiger partial charge < -0.3 is 9.64 Å². The number of carbonyl (C=O) groups is 2. The third kappa shape index (κ3) is 8.31. The van der Waals surface area contributed by atoms with Gasteiger partial charge in [-0.3, -0.25) is 10.7 Å². The Morgan fingerprint density at radius 3 is 2.75 bits per heavy atom. The van der Waals surface area contributed by atoms with Crippen molar-refractivity contribution in [3.8, 4) is 0 Å². The molecule has 2 heterocycles. The van der Waals surface area contributed by atoms with Crippen molar-refractivity contribution in [1.29, 1.82) is 0 Å². The first kappa shape index (κ1) is 26.6. The number of esters is 1. The average Bonchev–Trinajstić information content (AvgIpc) is 2.56. The fourth-order valence-corrected chi connectivity index (χ4v) is 2.37. The summed E-state index contributed by atoms with van der Waals surface area (Å²) in [6.45, 7) is 7.22. The fraction of sp³-hybridized carbons (Fsp3) is 0.526. The van der Waals surface area contributed by atoms with E-state index >= 15 is 0 Å². The SMILES string of the molecule is C.CNN(C)CCN1Cc2cc(/C=C/C(=O)OC(C)(C)C)cnc2NC1=O.[U]. The average molecular weight is 616 g/mol. The predicted octanol–water partition coefficient (Wildman–Crippen LogP) is 2.49. The summed E-state index contributed by atoms with van der Waals surface area (Å²) < 4.78 is 5.25. The molecule has 0 bridgehead atoms. The van der Waals surface area contributed by atoms with Gasteiger partial charge in [0.05, 0.1) is 6.54 Å². The van der Waals surface area contributed by atoms with E-state index in [1.165, 1.54) is 6.08 Å². The summed E-state index contributed by atoms with van der Waals surface area (Å²) in [6.07, 6.45) is 4.66. The van der Waals surface area contributed by atoms with Crippen molar-refractivity contribution in [2.24, 2.45) is 0 Å². The van der Waals surface area contributed by atoms with Crippen LogP contribution in [0.5, 0.6) is 0 Å². The van der Waals surface area contributed by atoms with Crippen LogP contribution in [0.1, 0.15) is 39.3 Å². The Hall–Kier alpha value is -1.40. The van der Waals surface area contributed by atoms with Crippen molar-refractivity contribution >= 4 is 23.9 Å². The van der Waals surface area contributed by atoms with Gasteiger partial charge in [0.1, 0.15) is 11.4 Å². The molecule has 0 saturated heterocycles. The molecular formula is C19H31N5O3U. The minimum atomic E-state index is -0.527. The zero-order valence-electron chi connectivity index (χ0n) is 16.5. The second-order valence-corrected chi connectivity index (χ2v) is 7.14. The van der Waals surface area contributed by atoms with Crippen molar-refractivity contribution in [2.75, 3.05) is 32.5 Å². The summed E-state index contributed by atoms with van der Waals surface area (Å²) in [5.74, 6) is 0.155. The van der Waals surface area contributed by atoms with Crippen LogP contribution in [-0.4, -0.2) is 59.7 Å². The van der Waals surface area contributed by atoms with Gasteiger partial charge in [-0.2, -0.15) is 0 Å². The molecular weight excluding hydrogens is 584 g/mol. The first-order valence-corrected chi connectivity index (χ1v) is 8.52. The molecule has 0 radical (unpaired) electrons. The molecule has 8 nitrogen and oxygen atoms in total. The van der Waals surface area contributed by atoms with E-state index in [9.17, 15) is 9.59 Å². The van der Waals surface area contributed by atoms with E-state index in [4.69, 9.17) is 4.74 Å². The number of likely N-dealkylation sites (N-methyl/N-ethyl adjacent to an activating group) is 1. The number of rotatable bonds is 6. The van der Waals surface area contributed by atoms with E-state index in [-0.39, 0.29) is 44.6 Å². The van der Waals surface area contributed by atoms with Crippen LogP contribution >= 0.6 is 0 Å². The van der Waals surface area contributed by atoms with Crippen LogP contribution in [0.25, 0.3) is 6.08 Å². The molecule has 0 atom stereocenters. The summed E-state index contributed by atoms with van der Waals surface area (Å²) in [7, 11) is 3.75. The molecule has 154 valence electrons. The molecule has 0 spiro atoms. The van der Waals surface area contributed by atoms with E-state index < -0.39 is 11.6 Å². The second kappa shape index (κ2) is 11.6. The molecule has 2 N–H and O–H groups in total. The van der Waals surface area contributed by atoms with Gasteiger partial charge in [0.2, 0.25) is 0 Å². The molecule has 1 aromatic heterocycles. The number of ether oxygens (including phenoxy) is 1. The molecule has 0 unspecified atom stereocenters. The quantitative estimate of drug-likeness (QED) is 0.291. The van der Waals surface area contributed by atoms with Crippen molar-refractivity contribution in [2.45, 2.75) is 40.3 Å². The largest absolute Gasteiger partial charge is 0.457 e. The first-order chi connectivity index (χ1) is 12.2. The third-order valence-corrected chi connectivity index (χ3v) is 3.77. The maximum absolute atomic E-state index is 12.2. The van der Waals surface area contributed by atoms with Gasteiger partial charge in [-0.15, -0.1) is 0 Å². The summed E-state index contributed by atoms with van der Waals surface area (Å²) in [4.78, 5) is 29.9. The monoisotopic (exact) mass is 615 g/mol. The maximum atomic E-state index is 12.2. The smallest absolute Gasteiger partial charge is 0.331 e. The number of nitrogens with one attached hydrogen (secondary N) is 2. The minimum Gasteiger partial charge on any atom is -0.457 e. The second-order valence-electron chi connectivity index (χ2n) is 7.14. The molecule has 2 amide bonds. The number of carbonyl (C=O) groups excluding carboxylic acids is 2. The number of hydrazine groups is 1. The topological polar surface area (TPSA) is 86.8 Å². The number of aromatic nitrogens is 1. The van der Waals surface area contributed by atoms with Gasteiger partial charge >= 0.3 is 12.0 Å². The van der Waals surface area contributed by atoms with Gasteiger partial charge in [-0.05, 0) is 45.5 Å². The third-order valence-electron chi connectivity index (χ3n) is 3.77. The standard InChI is InChI=1S/C18H27N5O3.CH4.U/c1-18(2,3)26-15(24)7-6-13-10-14-12-23(9-8-22(5)19-4)17(25)21-16(14)20-11-13;;/h6-7,10-11,19H,8-9,12H2,1-5H3,(H,20,21,25);1H4;/b7-6+;;. The Labute approximate surface area is 191 Å². The molecule has 1 aromatic rings. The molecule has 28 heavy (non-hydrogen) atoms. The molecule has 0 aromatic carbocycles. The van der Waals surface area contributed by atoms with E-state index in [1.54, 1.807) is 17.2 Å². The fourth-order valence-electron chi connectivity index (χ4n) is 2.37. The normalized spacial score (nSPS) is 13.5. The van der Waals surface area contributed by atoms with Gasteiger partial charge in [0, 0.05) is 69.1 Å². The van der Waals surface area contributed by atoms with Crippen LogP contribution in [0.15, 0.2) is 18.3 Å². The van der Waals surface area contributed by atoms with Gasteiger partial charge in [-0.25, -0.2) is 19.6 Å². The summed E-state index contributed by atoms with van der Waals surface area (Å²) >= 11 is 0. The predicted molar refractivity (Wildman–Crippen MR) is 107 cm³/mol. The van der Waals surface area contributed by atoms with E-state index in [0.29, 0.717) is 25.5 Å². The van der Waals surface area contributed by atoms with Crippen LogP contribution < -0.4 is 10.7 Å². The van der Waals surface area contributed by atoms with Crippen molar-refractivity contribution in [3.63, 3.8) is 0 Å². The van der Waals surface area contributed by atoms with Crippen LogP contribution in [0.3, 0.4) is 0 Å². The molecule has 1 aliphatic heterocycles. The summed E-state index contributed by atoms with van der Waals surface area (Å²) in [5.41, 5.74) is 4.16. The van der Waals surface area contributed by atoms with Crippen LogP contribution in [-0.2, 0) is 16.1 Å². The number of urea groups is 1. The zero-order valence-corrected chi connectivity index (χ0v) is 20.7. The number of amides is 2. The minimum absolute atomic E-state index is 0. The van der Waals surface area contributed by atoms with Gasteiger partial charge in [0.25, 0.3) is 0 Å². The number of hydrogen-bond acceptors (Lipinski definition) is 6. The molecule has 2 rings (SSSR count). The number of nitrogens with zero attached hydrogens (tertiary/aromatic N) is 3. The summed E-state index contributed by atoms with van der Waals surface area (Å²) in [5, 5.41) is 4.70. The van der Waals surface area contributed by atoms with E-state index in [1.807, 2.05) is 45.9 Å². The number of pyridine rings is 1. The van der Waals surface area contributed by atoms with Crippen molar-refractivity contribution in [1.82, 2.24) is 20.3 Å². The Bertz CT molecular complexity index is 703.